The lowest BCUT2D eigenvalue weighted by molar-refractivity contribution is -0.131. The molecule has 2 saturated heterocycles. The van der Waals surface area contributed by atoms with E-state index in [9.17, 15) is 9.18 Å². The number of ether oxygens (including phenoxy) is 1. The molecule has 2 atom stereocenters. The zero-order chi connectivity index (χ0) is 14.2. The van der Waals surface area contributed by atoms with Gasteiger partial charge >= 0.3 is 0 Å². The lowest BCUT2D eigenvalue weighted by Gasteiger charge is -2.33. The molecule has 0 saturated carbocycles. The fourth-order valence-electron chi connectivity index (χ4n) is 3.02. The fourth-order valence-corrected chi connectivity index (χ4v) is 3.02. The molecule has 20 heavy (non-hydrogen) atoms. The average molecular weight is 278 g/mol. The third-order valence-corrected chi connectivity index (χ3v) is 4.08. The smallest absolute Gasteiger partial charge is 0.238 e. The van der Waals surface area contributed by atoms with Crippen LogP contribution < -0.4 is 5.32 Å². The molecule has 1 aromatic rings. The maximum atomic E-state index is 13.9. The minimum Gasteiger partial charge on any atom is -0.373 e. The lowest BCUT2D eigenvalue weighted by Crippen LogP contribution is -2.43. The molecule has 4 nitrogen and oxygen atoms in total. The predicted molar refractivity (Wildman–Crippen MR) is 72.4 cm³/mol. The van der Waals surface area contributed by atoms with Gasteiger partial charge in [0.2, 0.25) is 5.91 Å². The Morgan fingerprint density at radius 3 is 3.00 bits per heavy atom. The molecule has 5 heteroatoms. The van der Waals surface area contributed by atoms with Crippen LogP contribution in [0.1, 0.15) is 31.5 Å². The van der Waals surface area contributed by atoms with Gasteiger partial charge in [-0.15, -0.1) is 0 Å². The molecule has 0 radical (unpaired) electrons. The fraction of sp³-hybridized carbons (Fsp3) is 0.533. The summed E-state index contributed by atoms with van der Waals surface area (Å²) in [5.41, 5.74) is 0.200. The third-order valence-electron chi connectivity index (χ3n) is 4.08. The van der Waals surface area contributed by atoms with Crippen LogP contribution in [-0.2, 0) is 9.53 Å². The van der Waals surface area contributed by atoms with E-state index < -0.39 is 6.17 Å². The summed E-state index contributed by atoms with van der Waals surface area (Å²) in [5, 5.41) is 3.09. The Morgan fingerprint density at radius 1 is 1.50 bits per heavy atom. The van der Waals surface area contributed by atoms with E-state index in [-0.39, 0.29) is 23.9 Å². The van der Waals surface area contributed by atoms with E-state index in [4.69, 9.17) is 4.74 Å². The van der Waals surface area contributed by atoms with Gasteiger partial charge in [0.05, 0.1) is 18.7 Å². The van der Waals surface area contributed by atoms with Crippen LogP contribution in [0.2, 0.25) is 0 Å². The maximum absolute atomic E-state index is 13.9. The summed E-state index contributed by atoms with van der Waals surface area (Å²) >= 11 is 0. The highest BCUT2D eigenvalue weighted by atomic mass is 19.1. The Labute approximate surface area is 117 Å². The number of nitrogens with zero attached hydrogens (tertiary/aromatic N) is 1. The van der Waals surface area contributed by atoms with E-state index in [0.29, 0.717) is 12.1 Å². The van der Waals surface area contributed by atoms with Crippen LogP contribution in [0.3, 0.4) is 0 Å². The maximum Gasteiger partial charge on any atom is 0.238 e. The second-order valence-electron chi connectivity index (χ2n) is 5.73. The molecule has 108 valence electrons. The number of carbonyl (C=O) groups excluding carboxylic acids is 1. The van der Waals surface area contributed by atoms with Crippen molar-refractivity contribution in [1.29, 1.82) is 0 Å². The Kier molecular flexibility index (Phi) is 3.48. The summed E-state index contributed by atoms with van der Waals surface area (Å²) in [6.45, 7) is 3.49. The summed E-state index contributed by atoms with van der Waals surface area (Å²) in [7, 11) is 0. The first-order chi connectivity index (χ1) is 9.59. The highest BCUT2D eigenvalue weighted by Gasteiger charge is 2.40. The zero-order valence-electron chi connectivity index (χ0n) is 11.6. The molecule has 0 aromatic heterocycles. The van der Waals surface area contributed by atoms with Crippen LogP contribution in [0.4, 0.5) is 4.39 Å². The minimum absolute atomic E-state index is 0.00465. The molecule has 2 heterocycles. The second-order valence-corrected chi connectivity index (χ2v) is 5.73. The molecule has 0 bridgehead atoms. The molecule has 2 fully saturated rings. The van der Waals surface area contributed by atoms with Gasteiger partial charge in [0.15, 0.2) is 0 Å². The van der Waals surface area contributed by atoms with Crippen LogP contribution in [0.5, 0.6) is 0 Å². The summed E-state index contributed by atoms with van der Waals surface area (Å²) < 4.78 is 19.7. The van der Waals surface area contributed by atoms with E-state index in [2.05, 4.69) is 5.32 Å². The van der Waals surface area contributed by atoms with Gasteiger partial charge < -0.3 is 9.64 Å². The molecule has 1 N–H and O–H groups in total. The van der Waals surface area contributed by atoms with E-state index >= 15 is 0 Å². The van der Waals surface area contributed by atoms with Crippen molar-refractivity contribution >= 4 is 5.91 Å². The Morgan fingerprint density at radius 2 is 2.30 bits per heavy atom. The van der Waals surface area contributed by atoms with Gasteiger partial charge in [-0.25, -0.2) is 4.39 Å². The first-order valence-corrected chi connectivity index (χ1v) is 7.00. The predicted octanol–water partition coefficient (Wildman–Crippen LogP) is 1.83. The molecule has 3 rings (SSSR count). The van der Waals surface area contributed by atoms with Gasteiger partial charge in [-0.05, 0) is 25.8 Å². The number of hydrogen-bond acceptors (Lipinski definition) is 3. The second kappa shape index (κ2) is 5.14. The van der Waals surface area contributed by atoms with Gasteiger partial charge in [0, 0.05) is 12.2 Å². The molecule has 2 unspecified atom stereocenters. The van der Waals surface area contributed by atoms with Gasteiger partial charge in [-0.3, -0.25) is 10.1 Å². The normalized spacial score (nSPS) is 30.2. The molecular formula is C15H19FN2O2. The van der Waals surface area contributed by atoms with Crippen LogP contribution in [0.25, 0.3) is 0 Å². The highest BCUT2D eigenvalue weighted by Crippen LogP contribution is 2.31. The number of amides is 1. The van der Waals surface area contributed by atoms with Crippen molar-refractivity contribution in [3.05, 3.63) is 35.6 Å². The van der Waals surface area contributed by atoms with Crippen molar-refractivity contribution in [3.63, 3.8) is 0 Å². The summed E-state index contributed by atoms with van der Waals surface area (Å²) in [6, 6.07) is 6.58. The molecular weight excluding hydrogens is 259 g/mol. The van der Waals surface area contributed by atoms with Crippen LogP contribution in [0, 0.1) is 5.82 Å². The number of hydrogen-bond donors (Lipinski definition) is 1. The number of rotatable bonds is 3. The number of nitrogens with one attached hydrogen (secondary N) is 1. The van der Waals surface area contributed by atoms with Crippen molar-refractivity contribution in [1.82, 2.24) is 10.2 Å². The molecule has 1 aromatic carbocycles. The van der Waals surface area contributed by atoms with Gasteiger partial charge in [-0.2, -0.15) is 0 Å². The van der Waals surface area contributed by atoms with E-state index in [1.165, 1.54) is 6.07 Å². The lowest BCUT2D eigenvalue weighted by atomic mass is 10.0. The van der Waals surface area contributed by atoms with Crippen molar-refractivity contribution in [2.45, 2.75) is 31.5 Å². The Balaban J connectivity index is 1.84. The van der Waals surface area contributed by atoms with Crippen molar-refractivity contribution in [3.8, 4) is 0 Å². The molecule has 2 aliphatic rings. The summed E-state index contributed by atoms with van der Waals surface area (Å²) in [4.78, 5) is 13.8. The van der Waals surface area contributed by atoms with E-state index in [0.717, 1.165) is 19.4 Å². The Hall–Kier alpha value is -1.46. The third kappa shape index (κ3) is 2.43. The first-order valence-electron chi connectivity index (χ1n) is 7.00. The van der Waals surface area contributed by atoms with Crippen molar-refractivity contribution in [2.24, 2.45) is 0 Å². The highest BCUT2D eigenvalue weighted by molar-refractivity contribution is 5.81. The molecule has 0 spiro atoms. The zero-order valence-corrected chi connectivity index (χ0v) is 11.6. The van der Waals surface area contributed by atoms with E-state index in [1.54, 1.807) is 23.1 Å². The van der Waals surface area contributed by atoms with Gasteiger partial charge in [0.1, 0.15) is 12.0 Å². The van der Waals surface area contributed by atoms with Crippen molar-refractivity contribution in [2.75, 3.05) is 19.7 Å². The standard InChI is InChI=1S/C15H19FN2O2/c1-15(7-4-8-20-15)10-18-13(19)9-17-14(18)11-5-2-3-6-12(11)16/h2-3,5-6,14,17H,4,7-10H2,1H3. The number of benzene rings is 1. The Bertz CT molecular complexity index is 514. The van der Waals surface area contributed by atoms with Crippen LogP contribution in [0.15, 0.2) is 24.3 Å². The summed E-state index contributed by atoms with van der Waals surface area (Å²) in [5.74, 6) is -0.294. The average Bonchev–Trinajstić information content (AvgIpc) is 2.99. The van der Waals surface area contributed by atoms with Crippen LogP contribution in [-0.4, -0.2) is 36.1 Å². The minimum atomic E-state index is -0.398. The van der Waals surface area contributed by atoms with Gasteiger partial charge in [-0.1, -0.05) is 18.2 Å². The van der Waals surface area contributed by atoms with Crippen molar-refractivity contribution < 1.29 is 13.9 Å². The van der Waals surface area contributed by atoms with E-state index in [1.807, 2.05) is 6.92 Å². The quantitative estimate of drug-likeness (QED) is 0.917. The number of carbonyl (C=O) groups is 1. The van der Waals surface area contributed by atoms with Crippen LogP contribution >= 0.6 is 0 Å². The molecule has 2 aliphatic heterocycles. The largest absolute Gasteiger partial charge is 0.373 e. The molecule has 1 amide bonds. The monoisotopic (exact) mass is 278 g/mol. The van der Waals surface area contributed by atoms with Gasteiger partial charge in [0.25, 0.3) is 0 Å². The first kappa shape index (κ1) is 13.5. The molecule has 0 aliphatic carbocycles. The topological polar surface area (TPSA) is 41.6 Å². The number of halogens is 1. The SMILES string of the molecule is CC1(CN2C(=O)CNC2c2ccccc2F)CCCO1. The summed E-state index contributed by atoms with van der Waals surface area (Å²) in [6.07, 6.45) is 1.54.